The fourth-order valence-corrected chi connectivity index (χ4v) is 4.05. The first-order valence-corrected chi connectivity index (χ1v) is 8.75. The highest BCUT2D eigenvalue weighted by molar-refractivity contribution is 7.89. The van der Waals surface area contributed by atoms with E-state index in [0.717, 1.165) is 11.5 Å². The molecule has 1 aromatic heterocycles. The summed E-state index contributed by atoms with van der Waals surface area (Å²) in [7, 11) is -3.39. The maximum absolute atomic E-state index is 12.6. The second kappa shape index (κ2) is 6.06. The fourth-order valence-electron chi connectivity index (χ4n) is 2.60. The first-order chi connectivity index (χ1) is 10.6. The highest BCUT2D eigenvalue weighted by atomic mass is 32.2. The third-order valence-corrected chi connectivity index (χ3v) is 5.73. The van der Waals surface area contributed by atoms with Crippen LogP contribution in [0.15, 0.2) is 53.4 Å². The third-order valence-electron chi connectivity index (χ3n) is 3.82. The molecule has 0 unspecified atom stereocenters. The van der Waals surface area contributed by atoms with Crippen molar-refractivity contribution in [2.75, 3.05) is 31.1 Å². The van der Waals surface area contributed by atoms with Crippen molar-refractivity contribution < 1.29 is 8.42 Å². The van der Waals surface area contributed by atoms with E-state index < -0.39 is 10.0 Å². The summed E-state index contributed by atoms with van der Waals surface area (Å²) < 4.78 is 26.7. The van der Waals surface area contributed by atoms with Crippen molar-refractivity contribution in [3.05, 3.63) is 54.2 Å². The van der Waals surface area contributed by atoms with E-state index in [9.17, 15) is 8.42 Å². The molecule has 0 atom stereocenters. The predicted octanol–water partition coefficient (Wildman–Crippen LogP) is 1.90. The Labute approximate surface area is 131 Å². The van der Waals surface area contributed by atoms with Crippen molar-refractivity contribution in [1.82, 2.24) is 9.29 Å². The average Bonchev–Trinajstić information content (AvgIpc) is 2.56. The van der Waals surface area contributed by atoms with E-state index >= 15 is 0 Å². The van der Waals surface area contributed by atoms with Gasteiger partial charge in [-0.1, -0.05) is 24.3 Å². The minimum atomic E-state index is -3.39. The van der Waals surface area contributed by atoms with Crippen LogP contribution < -0.4 is 4.90 Å². The predicted molar refractivity (Wildman–Crippen MR) is 86.4 cm³/mol. The normalized spacial score (nSPS) is 16.7. The molecule has 116 valence electrons. The molecule has 3 rings (SSSR count). The van der Waals surface area contributed by atoms with Gasteiger partial charge in [0.25, 0.3) is 0 Å². The highest BCUT2D eigenvalue weighted by Crippen LogP contribution is 2.19. The second-order valence-corrected chi connectivity index (χ2v) is 7.28. The molecule has 2 aromatic rings. The number of benzene rings is 1. The number of hydrogen-bond donors (Lipinski definition) is 0. The quantitative estimate of drug-likeness (QED) is 0.867. The van der Waals surface area contributed by atoms with Crippen LogP contribution in [0.4, 0.5) is 5.82 Å². The molecule has 1 saturated heterocycles. The number of hydrogen-bond acceptors (Lipinski definition) is 4. The summed E-state index contributed by atoms with van der Waals surface area (Å²) in [5, 5.41) is 0. The van der Waals surface area contributed by atoms with Crippen molar-refractivity contribution >= 4 is 15.8 Å². The summed E-state index contributed by atoms with van der Waals surface area (Å²) in [4.78, 5) is 6.99. The zero-order valence-electron chi connectivity index (χ0n) is 12.5. The Morgan fingerprint density at radius 1 is 0.909 bits per heavy atom. The molecule has 0 bridgehead atoms. The summed E-state index contributed by atoms with van der Waals surface area (Å²) in [6.07, 6.45) is 0. The third kappa shape index (κ3) is 2.98. The zero-order valence-corrected chi connectivity index (χ0v) is 13.3. The van der Waals surface area contributed by atoms with Gasteiger partial charge < -0.3 is 4.90 Å². The zero-order chi connectivity index (χ0) is 15.6. The van der Waals surface area contributed by atoms with Crippen molar-refractivity contribution in [1.29, 1.82) is 0 Å². The molecule has 2 heterocycles. The van der Waals surface area contributed by atoms with Crippen LogP contribution in [0.25, 0.3) is 0 Å². The number of anilines is 1. The second-order valence-electron chi connectivity index (χ2n) is 5.34. The summed E-state index contributed by atoms with van der Waals surface area (Å²) in [6, 6.07) is 14.5. The van der Waals surface area contributed by atoms with E-state index in [4.69, 9.17) is 0 Å². The van der Waals surface area contributed by atoms with Gasteiger partial charge in [-0.05, 0) is 31.2 Å². The van der Waals surface area contributed by atoms with Gasteiger partial charge in [0.1, 0.15) is 5.82 Å². The lowest BCUT2D eigenvalue weighted by Gasteiger charge is -2.34. The van der Waals surface area contributed by atoms with E-state index in [1.54, 1.807) is 28.6 Å². The molecule has 5 nitrogen and oxygen atoms in total. The van der Waals surface area contributed by atoms with E-state index in [1.165, 1.54) is 0 Å². The van der Waals surface area contributed by atoms with E-state index in [-0.39, 0.29) is 0 Å². The van der Waals surface area contributed by atoms with Gasteiger partial charge in [0, 0.05) is 31.9 Å². The van der Waals surface area contributed by atoms with Crippen LogP contribution >= 0.6 is 0 Å². The van der Waals surface area contributed by atoms with Gasteiger partial charge in [-0.2, -0.15) is 4.31 Å². The number of aromatic nitrogens is 1. The molecule has 1 fully saturated rings. The fraction of sp³-hybridized carbons (Fsp3) is 0.312. The van der Waals surface area contributed by atoms with Crippen LogP contribution in [0.2, 0.25) is 0 Å². The monoisotopic (exact) mass is 317 g/mol. The van der Waals surface area contributed by atoms with Gasteiger partial charge >= 0.3 is 0 Å². The number of rotatable bonds is 3. The number of piperazine rings is 1. The molecule has 0 saturated carbocycles. The molecule has 0 amide bonds. The Balaban J connectivity index is 1.72. The Kier molecular flexibility index (Phi) is 4.13. The Bertz CT molecular complexity index is 739. The van der Waals surface area contributed by atoms with Gasteiger partial charge in [-0.25, -0.2) is 13.4 Å². The minimum Gasteiger partial charge on any atom is -0.354 e. The molecule has 0 N–H and O–H groups in total. The van der Waals surface area contributed by atoms with Crippen molar-refractivity contribution in [2.24, 2.45) is 0 Å². The van der Waals surface area contributed by atoms with Crippen molar-refractivity contribution in [3.8, 4) is 0 Å². The van der Waals surface area contributed by atoms with Crippen LogP contribution in [0.5, 0.6) is 0 Å². The van der Waals surface area contributed by atoms with Gasteiger partial charge in [-0.15, -0.1) is 0 Å². The molecule has 0 aliphatic carbocycles. The lowest BCUT2D eigenvalue weighted by Crippen LogP contribution is -2.48. The summed E-state index contributed by atoms with van der Waals surface area (Å²) in [6.45, 7) is 4.23. The van der Waals surface area contributed by atoms with Gasteiger partial charge in [0.2, 0.25) is 10.0 Å². The first kappa shape index (κ1) is 15.0. The number of aryl methyl sites for hydroxylation is 1. The van der Waals surface area contributed by atoms with Gasteiger partial charge in [0.15, 0.2) is 0 Å². The van der Waals surface area contributed by atoms with Gasteiger partial charge in [0.05, 0.1) is 4.90 Å². The highest BCUT2D eigenvalue weighted by Gasteiger charge is 2.28. The molecule has 6 heteroatoms. The molecule has 0 spiro atoms. The lowest BCUT2D eigenvalue weighted by molar-refractivity contribution is 0.384. The maximum atomic E-state index is 12.6. The minimum absolute atomic E-state index is 0.358. The summed E-state index contributed by atoms with van der Waals surface area (Å²) >= 11 is 0. The van der Waals surface area contributed by atoms with Crippen LogP contribution in [-0.4, -0.2) is 43.9 Å². The topological polar surface area (TPSA) is 53.5 Å². The van der Waals surface area contributed by atoms with E-state index in [1.807, 2.05) is 31.2 Å². The summed E-state index contributed by atoms with van der Waals surface area (Å²) in [5.74, 6) is 0.914. The first-order valence-electron chi connectivity index (χ1n) is 7.31. The molecule has 1 aliphatic rings. The SMILES string of the molecule is Cc1cccc(N2CCN(S(=O)(=O)c3ccccc3)CC2)n1. The largest absolute Gasteiger partial charge is 0.354 e. The Morgan fingerprint density at radius 3 is 2.23 bits per heavy atom. The molecule has 22 heavy (non-hydrogen) atoms. The van der Waals surface area contributed by atoms with Gasteiger partial charge in [-0.3, -0.25) is 0 Å². The maximum Gasteiger partial charge on any atom is 0.243 e. The molecular weight excluding hydrogens is 298 g/mol. The van der Waals surface area contributed by atoms with E-state index in [2.05, 4.69) is 9.88 Å². The van der Waals surface area contributed by atoms with Crippen LogP contribution in [-0.2, 0) is 10.0 Å². The van der Waals surface area contributed by atoms with E-state index in [0.29, 0.717) is 31.1 Å². The Hall–Kier alpha value is -1.92. The lowest BCUT2D eigenvalue weighted by atomic mass is 10.3. The standard InChI is InChI=1S/C16H19N3O2S/c1-14-6-5-9-16(17-14)18-10-12-19(13-11-18)22(20,21)15-7-3-2-4-8-15/h2-9H,10-13H2,1H3. The number of nitrogens with zero attached hydrogens (tertiary/aromatic N) is 3. The molecule has 1 aliphatic heterocycles. The van der Waals surface area contributed by atoms with Crippen LogP contribution in [0.3, 0.4) is 0 Å². The number of sulfonamides is 1. The van der Waals surface area contributed by atoms with Crippen LogP contribution in [0.1, 0.15) is 5.69 Å². The Morgan fingerprint density at radius 2 is 1.59 bits per heavy atom. The van der Waals surface area contributed by atoms with Crippen molar-refractivity contribution in [2.45, 2.75) is 11.8 Å². The summed E-state index contributed by atoms with van der Waals surface area (Å²) in [5.41, 5.74) is 0.969. The smallest absolute Gasteiger partial charge is 0.243 e. The molecule has 1 aromatic carbocycles. The molecular formula is C16H19N3O2S. The molecule has 0 radical (unpaired) electrons. The average molecular weight is 317 g/mol. The van der Waals surface area contributed by atoms with Crippen molar-refractivity contribution in [3.63, 3.8) is 0 Å². The van der Waals surface area contributed by atoms with Crippen LogP contribution in [0, 0.1) is 6.92 Å². The number of pyridine rings is 1.